The maximum Gasteiger partial charge on any atom is 0.417 e. The first-order valence-corrected chi connectivity index (χ1v) is 6.62. The van der Waals surface area contributed by atoms with E-state index in [1.54, 1.807) is 11.0 Å². The van der Waals surface area contributed by atoms with E-state index in [0.29, 0.717) is 18.7 Å². The number of carbonyl (C=O) groups excluding carboxylic acids is 1. The number of alkyl halides is 3. The van der Waals surface area contributed by atoms with Crippen molar-refractivity contribution < 1.29 is 18.0 Å². The van der Waals surface area contributed by atoms with E-state index < -0.39 is 11.7 Å². The molecule has 0 radical (unpaired) electrons. The van der Waals surface area contributed by atoms with Crippen LogP contribution in [-0.2, 0) is 11.0 Å². The summed E-state index contributed by atoms with van der Waals surface area (Å²) in [6.45, 7) is 4.58. The molecule has 5 heteroatoms. The number of rotatable bonds is 3. The molecule has 114 valence electrons. The molecule has 1 aliphatic rings. The van der Waals surface area contributed by atoms with Crippen LogP contribution in [0.1, 0.15) is 16.7 Å². The monoisotopic (exact) mass is 305 g/mol. The molecule has 0 bridgehead atoms. The molecule has 0 N–H and O–H groups in total. The number of likely N-dealkylation sites (tertiary alicyclic amines) is 1. The number of halogens is 3. The van der Waals surface area contributed by atoms with E-state index >= 15 is 0 Å². The lowest BCUT2D eigenvalue weighted by Crippen LogP contribution is -2.48. The highest BCUT2D eigenvalue weighted by atomic mass is 19.4. The maximum absolute atomic E-state index is 12.7. The molecule has 22 heavy (non-hydrogen) atoms. The largest absolute Gasteiger partial charge is 0.417 e. The molecule has 0 saturated carbocycles. The van der Waals surface area contributed by atoms with Crippen LogP contribution in [0, 0.1) is 18.3 Å². The van der Waals surface area contributed by atoms with Crippen molar-refractivity contribution in [2.24, 2.45) is 5.92 Å². The van der Waals surface area contributed by atoms with Crippen molar-refractivity contribution in [2.45, 2.75) is 6.18 Å². The molecule has 1 aromatic rings. The van der Waals surface area contributed by atoms with Crippen LogP contribution in [0.5, 0.6) is 0 Å². The van der Waals surface area contributed by atoms with Gasteiger partial charge in [-0.25, -0.2) is 0 Å². The molecule has 1 aromatic carbocycles. The van der Waals surface area contributed by atoms with Crippen LogP contribution in [0.2, 0.25) is 0 Å². The third-order valence-corrected chi connectivity index (χ3v) is 3.46. The second-order valence-corrected chi connectivity index (χ2v) is 5.01. The van der Waals surface area contributed by atoms with E-state index in [0.717, 1.165) is 6.07 Å². The molecule has 1 heterocycles. The Morgan fingerprint density at radius 2 is 2.09 bits per heavy atom. The molecule has 0 spiro atoms. The third-order valence-electron chi connectivity index (χ3n) is 3.46. The average molecular weight is 305 g/mol. The Labute approximate surface area is 126 Å². The van der Waals surface area contributed by atoms with Crippen LogP contribution in [0.4, 0.5) is 13.2 Å². The third kappa shape index (κ3) is 3.40. The van der Waals surface area contributed by atoms with Gasteiger partial charge >= 0.3 is 6.18 Å². The lowest BCUT2D eigenvalue weighted by atomic mass is 9.97. The molecule has 0 aliphatic carbocycles. The molecule has 0 aromatic heterocycles. The van der Waals surface area contributed by atoms with Crippen molar-refractivity contribution in [3.8, 4) is 12.3 Å². The van der Waals surface area contributed by atoms with E-state index in [9.17, 15) is 18.0 Å². The summed E-state index contributed by atoms with van der Waals surface area (Å²) in [5.41, 5.74) is -0.375. The fourth-order valence-electron chi connectivity index (χ4n) is 2.22. The van der Waals surface area contributed by atoms with E-state index in [4.69, 9.17) is 6.42 Å². The van der Waals surface area contributed by atoms with Crippen LogP contribution < -0.4 is 0 Å². The lowest BCUT2D eigenvalue weighted by molar-refractivity contribution is -0.137. The fourth-order valence-corrected chi connectivity index (χ4v) is 2.22. The predicted molar refractivity (Wildman–Crippen MR) is 78.7 cm³/mol. The van der Waals surface area contributed by atoms with Crippen molar-refractivity contribution in [3.05, 3.63) is 53.6 Å². The minimum atomic E-state index is -4.45. The summed E-state index contributed by atoms with van der Waals surface area (Å²) in [5, 5.41) is 0. The van der Waals surface area contributed by atoms with Crippen LogP contribution in [0.15, 0.2) is 36.9 Å². The Balaban J connectivity index is 2.06. The van der Waals surface area contributed by atoms with Crippen molar-refractivity contribution in [3.63, 3.8) is 0 Å². The van der Waals surface area contributed by atoms with Crippen LogP contribution in [0.25, 0.3) is 6.08 Å². The van der Waals surface area contributed by atoms with Gasteiger partial charge in [-0.2, -0.15) is 13.2 Å². The Morgan fingerprint density at radius 3 is 2.64 bits per heavy atom. The minimum Gasteiger partial charge on any atom is -0.338 e. The molecule has 1 amide bonds. The van der Waals surface area contributed by atoms with E-state index in [1.165, 1.54) is 18.2 Å². The number of terminal acetylenes is 1. The summed E-state index contributed by atoms with van der Waals surface area (Å²) in [6.07, 6.45) is 5.55. The van der Waals surface area contributed by atoms with Gasteiger partial charge in [-0.1, -0.05) is 30.7 Å². The summed E-state index contributed by atoms with van der Waals surface area (Å²) in [7, 11) is 0. The molecule has 0 unspecified atom stereocenters. The van der Waals surface area contributed by atoms with Gasteiger partial charge in [-0.3, -0.25) is 4.79 Å². The Morgan fingerprint density at radius 1 is 1.41 bits per heavy atom. The summed E-state index contributed by atoms with van der Waals surface area (Å²) in [4.78, 5) is 12.9. The number of carbonyl (C=O) groups is 1. The highest BCUT2D eigenvalue weighted by Gasteiger charge is 2.33. The smallest absolute Gasteiger partial charge is 0.338 e. The highest BCUT2D eigenvalue weighted by molar-refractivity contribution is 5.87. The van der Waals surface area contributed by atoms with Crippen LogP contribution >= 0.6 is 0 Å². The normalized spacial score (nSPS) is 15.5. The first-order chi connectivity index (χ1) is 10.3. The lowest BCUT2D eigenvalue weighted by Gasteiger charge is -2.37. The molecule has 1 fully saturated rings. The highest BCUT2D eigenvalue weighted by Crippen LogP contribution is 2.32. The zero-order valence-corrected chi connectivity index (χ0v) is 11.7. The number of nitrogens with zero attached hydrogens (tertiary/aromatic N) is 1. The van der Waals surface area contributed by atoms with E-state index in [2.05, 4.69) is 12.5 Å². The fraction of sp³-hybridized carbons (Fsp3) is 0.235. The van der Waals surface area contributed by atoms with Gasteiger partial charge in [0.15, 0.2) is 0 Å². The average Bonchev–Trinajstić information content (AvgIpc) is 2.43. The van der Waals surface area contributed by atoms with Gasteiger partial charge in [-0.15, -0.1) is 6.42 Å². The van der Waals surface area contributed by atoms with Gasteiger partial charge < -0.3 is 4.90 Å². The number of hydrogen-bond acceptors (Lipinski definition) is 1. The molecule has 2 rings (SSSR count). The predicted octanol–water partition coefficient (Wildman–Crippen LogP) is 3.34. The van der Waals surface area contributed by atoms with Gasteiger partial charge in [-0.05, 0) is 23.8 Å². The first kappa shape index (κ1) is 15.9. The molecular weight excluding hydrogens is 291 g/mol. The molecule has 1 aliphatic heterocycles. The van der Waals surface area contributed by atoms with Crippen molar-refractivity contribution in [1.29, 1.82) is 0 Å². The zero-order valence-electron chi connectivity index (χ0n) is 11.7. The van der Waals surface area contributed by atoms with Crippen molar-refractivity contribution in [1.82, 2.24) is 4.90 Å². The first-order valence-electron chi connectivity index (χ1n) is 6.62. The Kier molecular flexibility index (Phi) is 4.41. The maximum atomic E-state index is 12.7. The van der Waals surface area contributed by atoms with Crippen LogP contribution in [0.3, 0.4) is 0 Å². The second kappa shape index (κ2) is 6.10. The molecule has 1 saturated heterocycles. The molecular formula is C17H14F3NO. The summed E-state index contributed by atoms with van der Waals surface area (Å²) in [6, 6.07) is 3.71. The zero-order chi connectivity index (χ0) is 16.3. The van der Waals surface area contributed by atoms with E-state index in [-0.39, 0.29) is 17.4 Å². The van der Waals surface area contributed by atoms with Crippen LogP contribution in [-0.4, -0.2) is 23.9 Å². The van der Waals surface area contributed by atoms with Gasteiger partial charge in [0, 0.05) is 24.6 Å². The van der Waals surface area contributed by atoms with E-state index in [1.807, 2.05) is 6.08 Å². The van der Waals surface area contributed by atoms with Gasteiger partial charge in [0.05, 0.1) is 5.56 Å². The summed E-state index contributed by atoms with van der Waals surface area (Å²) in [5.74, 6) is 2.15. The summed E-state index contributed by atoms with van der Waals surface area (Å²) < 4.78 is 38.2. The number of hydrogen-bond donors (Lipinski definition) is 0. The van der Waals surface area contributed by atoms with Crippen molar-refractivity contribution in [2.75, 3.05) is 13.1 Å². The number of benzene rings is 1. The SMILES string of the molecule is C#Cc1cc(C=CC2CN(C(=O)C=C)C2)ccc1C(F)(F)F. The second-order valence-electron chi connectivity index (χ2n) is 5.01. The Hall–Kier alpha value is -2.48. The topological polar surface area (TPSA) is 20.3 Å². The minimum absolute atomic E-state index is 0.117. The van der Waals surface area contributed by atoms with Gasteiger partial charge in [0.1, 0.15) is 0 Å². The summed E-state index contributed by atoms with van der Waals surface area (Å²) >= 11 is 0. The van der Waals surface area contributed by atoms with Gasteiger partial charge in [0.2, 0.25) is 5.91 Å². The van der Waals surface area contributed by atoms with Crippen molar-refractivity contribution >= 4 is 12.0 Å². The quantitative estimate of drug-likeness (QED) is 0.619. The standard InChI is InChI=1S/C17H14F3NO/c1-3-14-9-12(7-8-15(14)17(18,19)20)5-6-13-10-21(11-13)16(22)4-2/h1,4-9,13H,2,10-11H2. The molecule has 2 nitrogen and oxygen atoms in total. The Bertz CT molecular complexity index is 661. The molecule has 0 atom stereocenters. The van der Waals surface area contributed by atoms with Gasteiger partial charge in [0.25, 0.3) is 0 Å². The number of amides is 1.